The van der Waals surface area contributed by atoms with Crippen molar-refractivity contribution in [2.45, 2.75) is 25.6 Å². The Morgan fingerprint density at radius 1 is 1.40 bits per heavy atom. The van der Waals surface area contributed by atoms with E-state index in [1.165, 1.54) is 11.7 Å². The molecule has 0 spiro atoms. The van der Waals surface area contributed by atoms with Gasteiger partial charge >= 0.3 is 75.9 Å². The maximum absolute atomic E-state index is 5.38. The summed E-state index contributed by atoms with van der Waals surface area (Å²) in [5.74, 6) is 0.864. The number of hydrogen-bond donors (Lipinski definition) is 0. The third kappa shape index (κ3) is 9.17. The van der Waals surface area contributed by atoms with Crippen molar-refractivity contribution in [1.82, 2.24) is 0 Å². The number of hydrogen-bond acceptors (Lipinski definition) is 1. The molecule has 0 aliphatic rings. The Morgan fingerprint density at radius 2 is 1.90 bits per heavy atom. The summed E-state index contributed by atoms with van der Waals surface area (Å²) < 4.78 is -0.826. The van der Waals surface area contributed by atoms with Gasteiger partial charge in [0.2, 0.25) is 0 Å². The van der Waals surface area contributed by atoms with Gasteiger partial charge in [-0.2, -0.15) is 0 Å². The SMILES string of the molecule is CC(C)CC[Se]P(C)(C)=S. The summed E-state index contributed by atoms with van der Waals surface area (Å²) in [6, 6.07) is 0. The average molecular weight is 243 g/mol. The molecule has 0 N–H and O–H groups in total. The second-order valence-electron chi connectivity index (χ2n) is 3.27. The predicted octanol–water partition coefficient (Wildman–Crippen LogP) is 2.81. The first-order chi connectivity index (χ1) is 4.42. The van der Waals surface area contributed by atoms with E-state index in [0.717, 1.165) is 20.4 Å². The number of rotatable bonds is 4. The first-order valence-corrected chi connectivity index (χ1v) is 10.7. The van der Waals surface area contributed by atoms with Crippen LogP contribution in [0.25, 0.3) is 0 Å². The van der Waals surface area contributed by atoms with E-state index in [2.05, 4.69) is 27.2 Å². The van der Waals surface area contributed by atoms with E-state index in [1.54, 1.807) is 0 Å². The second-order valence-corrected chi connectivity index (χ2v) is 18.6. The molecule has 0 heterocycles. The molecule has 0 aromatic rings. The molecule has 0 bridgehead atoms. The van der Waals surface area contributed by atoms with Crippen LogP contribution < -0.4 is 0 Å². The van der Waals surface area contributed by atoms with Crippen molar-refractivity contribution >= 4 is 31.0 Å². The van der Waals surface area contributed by atoms with E-state index >= 15 is 0 Å². The Labute approximate surface area is 75.9 Å². The molecule has 0 atom stereocenters. The van der Waals surface area contributed by atoms with Gasteiger partial charge in [-0.05, 0) is 0 Å². The third-order valence-electron chi connectivity index (χ3n) is 1.10. The van der Waals surface area contributed by atoms with Crippen molar-refractivity contribution in [3.05, 3.63) is 0 Å². The summed E-state index contributed by atoms with van der Waals surface area (Å²) in [7, 11) is 0. The van der Waals surface area contributed by atoms with Crippen LogP contribution in [0.2, 0.25) is 5.32 Å². The third-order valence-corrected chi connectivity index (χ3v) is 9.10. The van der Waals surface area contributed by atoms with E-state index in [-0.39, 0.29) is 0 Å². The topological polar surface area (TPSA) is 0 Å². The monoisotopic (exact) mass is 244 g/mol. The Balaban J connectivity index is 3.30. The average Bonchev–Trinajstić information content (AvgIpc) is 1.59. The molecule has 0 nitrogen and oxygen atoms in total. The standard InChI is InChI=1S/C7H17PSSe/c1-7(2)5-6-10-8(3,4)9/h7H,5-6H2,1-4H3. The summed E-state index contributed by atoms with van der Waals surface area (Å²) in [6.45, 7) is 9.10. The van der Waals surface area contributed by atoms with Gasteiger partial charge in [-0.3, -0.25) is 0 Å². The molecule has 0 unspecified atom stereocenters. The van der Waals surface area contributed by atoms with Crippen LogP contribution in [0.3, 0.4) is 0 Å². The summed E-state index contributed by atoms with van der Waals surface area (Å²) in [4.78, 5) is 0. The van der Waals surface area contributed by atoms with E-state index in [9.17, 15) is 0 Å². The fourth-order valence-corrected chi connectivity index (χ4v) is 6.64. The minimum absolute atomic E-state index is 0.770. The van der Waals surface area contributed by atoms with Crippen molar-refractivity contribution in [3.63, 3.8) is 0 Å². The van der Waals surface area contributed by atoms with Crippen LogP contribution in [0.4, 0.5) is 0 Å². The Kier molecular flexibility index (Phi) is 5.51. The summed E-state index contributed by atoms with van der Waals surface area (Å²) >= 11 is 6.15. The Bertz CT molecular complexity index is 128. The molecule has 10 heavy (non-hydrogen) atoms. The fraction of sp³-hybridized carbons (Fsp3) is 1.00. The van der Waals surface area contributed by atoms with Crippen LogP contribution in [0, 0.1) is 5.92 Å². The molecule has 0 amide bonds. The zero-order valence-corrected chi connectivity index (χ0v) is 10.7. The zero-order chi connectivity index (χ0) is 8.20. The molecule has 0 rings (SSSR count). The van der Waals surface area contributed by atoms with Crippen LogP contribution in [0.5, 0.6) is 0 Å². The van der Waals surface area contributed by atoms with Crippen molar-refractivity contribution in [2.24, 2.45) is 5.92 Å². The van der Waals surface area contributed by atoms with Gasteiger partial charge in [0.1, 0.15) is 0 Å². The molecule has 0 aromatic heterocycles. The van der Waals surface area contributed by atoms with Crippen molar-refractivity contribution in [3.8, 4) is 0 Å². The van der Waals surface area contributed by atoms with Gasteiger partial charge < -0.3 is 0 Å². The summed E-state index contributed by atoms with van der Waals surface area (Å²) in [5.41, 5.74) is 0. The normalized spacial score (nSPS) is 12.5. The van der Waals surface area contributed by atoms with Gasteiger partial charge in [0.25, 0.3) is 0 Å². The van der Waals surface area contributed by atoms with Crippen LogP contribution in [0.1, 0.15) is 20.3 Å². The molecule has 0 radical (unpaired) electrons. The quantitative estimate of drug-likeness (QED) is 0.540. The molecule has 0 saturated carbocycles. The molecule has 0 saturated heterocycles. The molecule has 0 aliphatic carbocycles. The molecular formula is C7H17PSSe. The second kappa shape index (κ2) is 4.93. The first kappa shape index (κ1) is 11.2. The van der Waals surface area contributed by atoms with Crippen molar-refractivity contribution in [1.29, 1.82) is 0 Å². The summed E-state index contributed by atoms with van der Waals surface area (Å²) in [5, 5.41) is 1.40. The molecule has 62 valence electrons. The molecule has 0 aliphatic heterocycles. The van der Waals surface area contributed by atoms with Gasteiger partial charge in [-0.15, -0.1) is 0 Å². The van der Waals surface area contributed by atoms with Crippen molar-refractivity contribution in [2.75, 3.05) is 13.3 Å². The van der Waals surface area contributed by atoms with Gasteiger partial charge in [-0.25, -0.2) is 0 Å². The Morgan fingerprint density at radius 3 is 2.20 bits per heavy atom. The van der Waals surface area contributed by atoms with Crippen molar-refractivity contribution < 1.29 is 0 Å². The summed E-state index contributed by atoms with van der Waals surface area (Å²) in [6.07, 6.45) is 1.38. The Hall–Kier alpha value is 1.17. The fourth-order valence-electron chi connectivity index (χ4n) is 0.508. The van der Waals surface area contributed by atoms with E-state index in [4.69, 9.17) is 11.8 Å². The predicted molar refractivity (Wildman–Crippen MR) is 56.1 cm³/mol. The minimum atomic E-state index is -0.826. The van der Waals surface area contributed by atoms with Gasteiger partial charge in [0, 0.05) is 0 Å². The van der Waals surface area contributed by atoms with E-state index in [0.29, 0.717) is 0 Å². The van der Waals surface area contributed by atoms with E-state index < -0.39 is 4.73 Å². The first-order valence-electron chi connectivity index (χ1n) is 3.61. The van der Waals surface area contributed by atoms with Crippen LogP contribution in [0.15, 0.2) is 0 Å². The van der Waals surface area contributed by atoms with Gasteiger partial charge in [0.05, 0.1) is 0 Å². The van der Waals surface area contributed by atoms with Gasteiger partial charge in [0.15, 0.2) is 0 Å². The van der Waals surface area contributed by atoms with Crippen LogP contribution in [-0.4, -0.2) is 27.8 Å². The van der Waals surface area contributed by atoms with Crippen LogP contribution in [-0.2, 0) is 11.8 Å². The molecule has 0 fully saturated rings. The molecule has 0 aromatic carbocycles. The van der Waals surface area contributed by atoms with E-state index in [1.807, 2.05) is 0 Å². The zero-order valence-electron chi connectivity index (χ0n) is 7.26. The molecular weight excluding hydrogens is 226 g/mol. The van der Waals surface area contributed by atoms with Crippen LogP contribution >= 0.6 is 4.73 Å². The maximum atomic E-state index is 5.38. The molecule has 3 heteroatoms. The van der Waals surface area contributed by atoms with Gasteiger partial charge in [-0.1, -0.05) is 0 Å².